The molecular weight excluding hydrogens is 388 g/mol. The second-order valence-corrected chi connectivity index (χ2v) is 7.98. The highest BCUT2D eigenvalue weighted by Crippen LogP contribution is 2.35. The van der Waals surface area contributed by atoms with Gasteiger partial charge in [-0.1, -0.05) is 55.8 Å². The van der Waals surface area contributed by atoms with Gasteiger partial charge in [0.2, 0.25) is 0 Å². The molecule has 156 valence electrons. The van der Waals surface area contributed by atoms with Crippen LogP contribution in [-0.2, 0) is 20.5 Å². The maximum absolute atomic E-state index is 13.4. The number of unbranched alkanes of at least 4 members (excludes halogenated alkanes) is 1. The Labute approximate surface area is 179 Å². The number of hydrogen-bond acceptors (Lipinski definition) is 3. The van der Waals surface area contributed by atoms with Gasteiger partial charge in [-0.05, 0) is 30.5 Å². The fourth-order valence-electron chi connectivity index (χ4n) is 4.51. The zero-order valence-corrected chi connectivity index (χ0v) is 17.9. The minimum absolute atomic E-state index is 0.286. The predicted molar refractivity (Wildman–Crippen MR) is 125 cm³/mol. The Hall–Kier alpha value is -3.67. The SMILES string of the molecule is CCCCc1nc2ccccc2n2c(-c3ccccc3)c3c(=O)n(C)c(=O)n(C)c3c12. The number of rotatable bonds is 4. The topological polar surface area (TPSA) is 61.3 Å². The van der Waals surface area contributed by atoms with Crippen LogP contribution < -0.4 is 11.2 Å². The van der Waals surface area contributed by atoms with E-state index < -0.39 is 0 Å². The number of fused-ring (bicyclic) bond motifs is 5. The van der Waals surface area contributed by atoms with Gasteiger partial charge in [-0.15, -0.1) is 0 Å². The summed E-state index contributed by atoms with van der Waals surface area (Å²) >= 11 is 0. The molecule has 0 aliphatic heterocycles. The second-order valence-electron chi connectivity index (χ2n) is 7.98. The molecule has 0 saturated carbocycles. The Balaban J connectivity index is 2.16. The van der Waals surface area contributed by atoms with Crippen LogP contribution in [0.4, 0.5) is 0 Å². The van der Waals surface area contributed by atoms with Crippen LogP contribution in [0.25, 0.3) is 38.7 Å². The molecule has 0 N–H and O–H groups in total. The smallest absolute Gasteiger partial charge is 0.303 e. The van der Waals surface area contributed by atoms with Crippen molar-refractivity contribution in [3.63, 3.8) is 0 Å². The molecule has 5 rings (SSSR count). The summed E-state index contributed by atoms with van der Waals surface area (Å²) < 4.78 is 4.91. The molecule has 0 amide bonds. The number of nitrogens with zero attached hydrogens (tertiary/aromatic N) is 4. The zero-order chi connectivity index (χ0) is 21.7. The number of benzene rings is 2. The quantitative estimate of drug-likeness (QED) is 0.447. The molecule has 6 nitrogen and oxygen atoms in total. The summed E-state index contributed by atoms with van der Waals surface area (Å²) in [5.74, 6) is 0. The molecule has 5 aromatic rings. The van der Waals surface area contributed by atoms with E-state index in [1.165, 1.54) is 11.6 Å². The summed E-state index contributed by atoms with van der Waals surface area (Å²) in [4.78, 5) is 31.3. The summed E-state index contributed by atoms with van der Waals surface area (Å²) in [6.07, 6.45) is 2.79. The molecule has 3 heterocycles. The Bertz CT molecular complexity index is 1570. The number of hydrogen-bond donors (Lipinski definition) is 0. The van der Waals surface area contributed by atoms with E-state index in [0.29, 0.717) is 10.9 Å². The van der Waals surface area contributed by atoms with Gasteiger partial charge in [-0.2, -0.15) is 0 Å². The summed E-state index contributed by atoms with van der Waals surface area (Å²) in [7, 11) is 3.27. The third kappa shape index (κ3) is 2.75. The van der Waals surface area contributed by atoms with Gasteiger partial charge in [0.1, 0.15) is 0 Å². The van der Waals surface area contributed by atoms with Crippen molar-refractivity contribution in [1.82, 2.24) is 18.5 Å². The molecule has 6 heteroatoms. The molecule has 31 heavy (non-hydrogen) atoms. The van der Waals surface area contributed by atoms with E-state index in [0.717, 1.165) is 52.8 Å². The lowest BCUT2D eigenvalue weighted by Crippen LogP contribution is -2.36. The molecule has 0 aliphatic rings. The molecule has 0 fully saturated rings. The summed E-state index contributed by atoms with van der Waals surface area (Å²) in [5, 5.41) is 0.548. The van der Waals surface area contributed by atoms with Crippen LogP contribution in [0.5, 0.6) is 0 Å². The maximum atomic E-state index is 13.4. The van der Waals surface area contributed by atoms with E-state index in [4.69, 9.17) is 4.98 Å². The molecule has 0 saturated heterocycles. The van der Waals surface area contributed by atoms with Crippen molar-refractivity contribution in [3.8, 4) is 11.3 Å². The number of aromatic nitrogens is 4. The lowest BCUT2D eigenvalue weighted by molar-refractivity contribution is 0.715. The fraction of sp³-hybridized carbons (Fsp3) is 0.240. The fourth-order valence-corrected chi connectivity index (χ4v) is 4.51. The van der Waals surface area contributed by atoms with Crippen LogP contribution >= 0.6 is 0 Å². The van der Waals surface area contributed by atoms with Crippen LogP contribution in [0.3, 0.4) is 0 Å². The van der Waals surface area contributed by atoms with Crippen molar-refractivity contribution >= 4 is 27.5 Å². The first kappa shape index (κ1) is 19.3. The number of aryl methyl sites for hydroxylation is 2. The second kappa shape index (κ2) is 7.23. The molecule has 0 unspecified atom stereocenters. The van der Waals surface area contributed by atoms with Crippen molar-refractivity contribution in [2.75, 3.05) is 0 Å². The summed E-state index contributed by atoms with van der Waals surface area (Å²) in [5.41, 5.74) is 5.32. The summed E-state index contributed by atoms with van der Waals surface area (Å²) in [6, 6.07) is 17.9. The minimum atomic E-state index is -0.334. The Morgan fingerprint density at radius 2 is 1.58 bits per heavy atom. The monoisotopic (exact) mass is 412 g/mol. The van der Waals surface area contributed by atoms with Crippen LogP contribution in [0, 0.1) is 0 Å². The van der Waals surface area contributed by atoms with E-state index >= 15 is 0 Å². The van der Waals surface area contributed by atoms with E-state index in [1.807, 2.05) is 54.6 Å². The van der Waals surface area contributed by atoms with Crippen molar-refractivity contribution in [2.45, 2.75) is 26.2 Å². The Morgan fingerprint density at radius 1 is 0.871 bits per heavy atom. The van der Waals surface area contributed by atoms with E-state index in [1.54, 1.807) is 11.6 Å². The van der Waals surface area contributed by atoms with Crippen molar-refractivity contribution in [1.29, 1.82) is 0 Å². The van der Waals surface area contributed by atoms with Gasteiger partial charge < -0.3 is 4.40 Å². The van der Waals surface area contributed by atoms with E-state index in [2.05, 4.69) is 11.3 Å². The molecule has 0 spiro atoms. The first-order valence-corrected chi connectivity index (χ1v) is 10.6. The van der Waals surface area contributed by atoms with Crippen LogP contribution in [-0.4, -0.2) is 18.5 Å². The third-order valence-electron chi connectivity index (χ3n) is 6.04. The van der Waals surface area contributed by atoms with Gasteiger partial charge >= 0.3 is 5.69 Å². The highest BCUT2D eigenvalue weighted by molar-refractivity contribution is 6.07. The molecule has 0 bridgehead atoms. The van der Waals surface area contributed by atoms with Crippen molar-refractivity contribution < 1.29 is 0 Å². The van der Waals surface area contributed by atoms with E-state index in [-0.39, 0.29) is 11.2 Å². The van der Waals surface area contributed by atoms with Gasteiger partial charge in [0.05, 0.1) is 38.8 Å². The van der Waals surface area contributed by atoms with Gasteiger partial charge in [0.25, 0.3) is 5.56 Å². The predicted octanol–water partition coefficient (Wildman–Crippen LogP) is 4.05. The van der Waals surface area contributed by atoms with Gasteiger partial charge in [-0.3, -0.25) is 13.9 Å². The van der Waals surface area contributed by atoms with Crippen LogP contribution in [0.2, 0.25) is 0 Å². The normalized spacial score (nSPS) is 11.7. The van der Waals surface area contributed by atoms with E-state index in [9.17, 15) is 9.59 Å². The van der Waals surface area contributed by atoms with Crippen LogP contribution in [0.15, 0.2) is 64.2 Å². The molecule has 3 aromatic heterocycles. The average molecular weight is 412 g/mol. The highest BCUT2D eigenvalue weighted by Gasteiger charge is 2.24. The van der Waals surface area contributed by atoms with Crippen molar-refractivity contribution in [2.24, 2.45) is 14.1 Å². The molecule has 0 aliphatic carbocycles. The summed E-state index contributed by atoms with van der Waals surface area (Å²) in [6.45, 7) is 2.15. The Kier molecular flexibility index (Phi) is 4.50. The maximum Gasteiger partial charge on any atom is 0.331 e. The zero-order valence-electron chi connectivity index (χ0n) is 17.9. The van der Waals surface area contributed by atoms with Gasteiger partial charge in [0, 0.05) is 14.1 Å². The first-order chi connectivity index (χ1) is 15.0. The van der Waals surface area contributed by atoms with Gasteiger partial charge in [0.15, 0.2) is 0 Å². The average Bonchev–Trinajstić information content (AvgIpc) is 3.17. The molecule has 2 aromatic carbocycles. The lowest BCUT2D eigenvalue weighted by Gasteiger charge is -2.11. The van der Waals surface area contributed by atoms with Gasteiger partial charge in [-0.25, -0.2) is 9.78 Å². The van der Waals surface area contributed by atoms with Crippen molar-refractivity contribution in [3.05, 3.63) is 81.1 Å². The standard InChI is InChI=1S/C25H24N4O2/c1-4-5-13-18-22-23-20(24(30)28(3)25(31)27(23)2)21(16-11-7-6-8-12-16)29(22)19-15-10-9-14-17(19)26-18/h6-12,14-15H,4-5,13H2,1-3H3. The molecule has 0 atom stereocenters. The number of para-hydroxylation sites is 2. The Morgan fingerprint density at radius 3 is 2.32 bits per heavy atom. The molecular formula is C25H24N4O2. The highest BCUT2D eigenvalue weighted by atomic mass is 16.2. The third-order valence-corrected chi connectivity index (χ3v) is 6.04. The minimum Gasteiger partial charge on any atom is -0.303 e. The first-order valence-electron chi connectivity index (χ1n) is 10.6. The van der Waals surface area contributed by atoms with Crippen LogP contribution in [0.1, 0.15) is 25.5 Å². The molecule has 0 radical (unpaired) electrons. The largest absolute Gasteiger partial charge is 0.331 e. The lowest BCUT2D eigenvalue weighted by atomic mass is 10.1.